The predicted octanol–water partition coefficient (Wildman–Crippen LogP) is 0.189. The van der Waals surface area contributed by atoms with Crippen molar-refractivity contribution in [3.8, 4) is 6.07 Å². The zero-order valence-electron chi connectivity index (χ0n) is 8.96. The van der Waals surface area contributed by atoms with Crippen molar-refractivity contribution < 1.29 is 13.5 Å². The van der Waals surface area contributed by atoms with Crippen LogP contribution >= 0.6 is 0 Å². The second kappa shape index (κ2) is 2.99. The molecule has 88 valence electrons. The lowest BCUT2D eigenvalue weighted by Crippen LogP contribution is -2.42. The number of nitrogens with zero attached hydrogens (tertiary/aromatic N) is 1. The second-order valence-corrected chi connectivity index (χ2v) is 7.84. The summed E-state index contributed by atoms with van der Waals surface area (Å²) in [5.74, 6) is 1.91. The van der Waals surface area contributed by atoms with Crippen LogP contribution in [0.5, 0.6) is 0 Å². The molecule has 0 bridgehead atoms. The van der Waals surface area contributed by atoms with Crippen LogP contribution < -0.4 is 0 Å². The number of aliphatic hydroxyl groups excluding tert-OH is 1. The van der Waals surface area contributed by atoms with Gasteiger partial charge in [0.2, 0.25) is 0 Å². The third-order valence-corrected chi connectivity index (χ3v) is 6.67. The first-order valence-electron chi connectivity index (χ1n) is 5.73. The van der Waals surface area contributed by atoms with Crippen LogP contribution in [0.2, 0.25) is 0 Å². The zero-order chi connectivity index (χ0) is 11.6. The summed E-state index contributed by atoms with van der Waals surface area (Å²) in [6, 6.07) is 2.24. The van der Waals surface area contributed by atoms with Gasteiger partial charge in [0.1, 0.15) is 0 Å². The Kier molecular flexibility index (Phi) is 1.97. The van der Waals surface area contributed by atoms with E-state index in [0.717, 1.165) is 0 Å². The average Bonchev–Trinajstić information content (AvgIpc) is 2.73. The molecule has 1 N–H and O–H groups in total. The van der Waals surface area contributed by atoms with Crippen LogP contribution in [-0.2, 0) is 9.84 Å². The van der Waals surface area contributed by atoms with Gasteiger partial charge < -0.3 is 5.11 Å². The van der Waals surface area contributed by atoms with Gasteiger partial charge in [0, 0.05) is 0 Å². The van der Waals surface area contributed by atoms with Crippen LogP contribution in [-0.4, -0.2) is 31.6 Å². The summed E-state index contributed by atoms with van der Waals surface area (Å²) in [6.07, 6.45) is 1.39. The van der Waals surface area contributed by atoms with E-state index in [-0.39, 0.29) is 18.4 Å². The van der Waals surface area contributed by atoms with Crippen molar-refractivity contribution in [1.29, 1.82) is 5.26 Å². The van der Waals surface area contributed by atoms with Gasteiger partial charge in [-0.25, -0.2) is 8.42 Å². The maximum atomic E-state index is 11.5. The summed E-state index contributed by atoms with van der Waals surface area (Å²) in [4.78, 5) is 0. The van der Waals surface area contributed by atoms with Crippen LogP contribution in [0, 0.1) is 40.4 Å². The Labute approximate surface area is 95.2 Å². The first kappa shape index (κ1) is 10.5. The molecule has 4 nitrogen and oxygen atoms in total. The fraction of sp³-hybridized carbons (Fsp3) is 0.909. The van der Waals surface area contributed by atoms with Crippen LogP contribution in [0.1, 0.15) is 12.8 Å². The molecule has 1 aliphatic heterocycles. The highest BCUT2D eigenvalue weighted by Crippen LogP contribution is 2.63. The van der Waals surface area contributed by atoms with E-state index in [9.17, 15) is 13.5 Å². The summed E-state index contributed by atoms with van der Waals surface area (Å²) in [7, 11) is -2.82. The summed E-state index contributed by atoms with van der Waals surface area (Å²) in [6.45, 7) is -0.0807. The number of sulfone groups is 1. The van der Waals surface area contributed by atoms with Crippen molar-refractivity contribution in [1.82, 2.24) is 0 Å². The minimum absolute atomic E-state index is 0.0807. The van der Waals surface area contributed by atoms with Crippen LogP contribution in [0.15, 0.2) is 0 Å². The van der Waals surface area contributed by atoms with Crippen molar-refractivity contribution in [2.45, 2.75) is 12.8 Å². The standard InChI is InChI=1S/C11H15NO3S/c12-5-11(6-13)1-7-8(2-11)10-4-16(14,15)3-9(7)10/h7-10,13H,1-4,6H2. The van der Waals surface area contributed by atoms with Crippen LogP contribution in [0.25, 0.3) is 0 Å². The Morgan fingerprint density at radius 1 is 1.19 bits per heavy atom. The molecule has 16 heavy (non-hydrogen) atoms. The number of fused-ring (bicyclic) bond motifs is 4. The number of rotatable bonds is 1. The van der Waals surface area contributed by atoms with Crippen molar-refractivity contribution in [3.63, 3.8) is 0 Å². The summed E-state index contributed by atoms with van der Waals surface area (Å²) in [5.41, 5.74) is -0.580. The maximum Gasteiger partial charge on any atom is 0.150 e. The van der Waals surface area contributed by atoms with E-state index in [4.69, 9.17) is 5.26 Å². The third-order valence-electron chi connectivity index (χ3n) is 4.89. The molecule has 0 aromatic carbocycles. The molecule has 4 atom stereocenters. The lowest BCUT2D eigenvalue weighted by Gasteiger charge is -2.43. The van der Waals surface area contributed by atoms with E-state index in [1.807, 2.05) is 0 Å². The molecule has 1 saturated heterocycles. The quantitative estimate of drug-likeness (QED) is 0.711. The predicted molar refractivity (Wildman–Crippen MR) is 57.0 cm³/mol. The molecule has 3 aliphatic rings. The second-order valence-electron chi connectivity index (χ2n) is 5.69. The largest absolute Gasteiger partial charge is 0.395 e. The fourth-order valence-electron chi connectivity index (χ4n) is 4.12. The molecule has 5 heteroatoms. The molecule has 1 heterocycles. The number of aliphatic hydroxyl groups is 1. The normalized spacial score (nSPS) is 52.5. The summed E-state index contributed by atoms with van der Waals surface area (Å²) in [5, 5.41) is 18.4. The molecule has 2 saturated carbocycles. The molecule has 0 aromatic rings. The van der Waals surface area contributed by atoms with Gasteiger partial charge in [-0.3, -0.25) is 0 Å². The monoisotopic (exact) mass is 241 g/mol. The maximum absolute atomic E-state index is 11.5. The molecule has 2 aliphatic carbocycles. The minimum atomic E-state index is -2.82. The van der Waals surface area contributed by atoms with Crippen molar-refractivity contribution >= 4 is 9.84 Å². The highest BCUT2D eigenvalue weighted by atomic mass is 32.2. The van der Waals surface area contributed by atoms with E-state index in [2.05, 4.69) is 6.07 Å². The fourth-order valence-corrected chi connectivity index (χ4v) is 6.42. The Bertz CT molecular complexity index is 438. The van der Waals surface area contributed by atoms with E-state index < -0.39 is 15.3 Å². The third kappa shape index (κ3) is 1.20. The molecular formula is C11H15NO3S. The average molecular weight is 241 g/mol. The van der Waals surface area contributed by atoms with Gasteiger partial charge in [-0.05, 0) is 36.5 Å². The van der Waals surface area contributed by atoms with Gasteiger partial charge in [-0.2, -0.15) is 5.26 Å². The molecule has 0 spiro atoms. The number of nitriles is 1. The van der Waals surface area contributed by atoms with Gasteiger partial charge >= 0.3 is 0 Å². The zero-order valence-corrected chi connectivity index (χ0v) is 9.78. The highest BCUT2D eigenvalue weighted by molar-refractivity contribution is 7.91. The molecule has 0 radical (unpaired) electrons. The van der Waals surface area contributed by atoms with Crippen molar-refractivity contribution in [3.05, 3.63) is 0 Å². The molecule has 0 aromatic heterocycles. The molecule has 4 unspecified atom stereocenters. The number of hydrogen-bond donors (Lipinski definition) is 1. The first-order valence-corrected chi connectivity index (χ1v) is 7.55. The van der Waals surface area contributed by atoms with Gasteiger partial charge in [0.15, 0.2) is 9.84 Å². The smallest absolute Gasteiger partial charge is 0.150 e. The van der Waals surface area contributed by atoms with Crippen molar-refractivity contribution in [2.75, 3.05) is 18.1 Å². The van der Waals surface area contributed by atoms with E-state index >= 15 is 0 Å². The van der Waals surface area contributed by atoms with E-state index in [0.29, 0.717) is 36.2 Å². The van der Waals surface area contributed by atoms with Crippen molar-refractivity contribution in [2.24, 2.45) is 29.1 Å². The van der Waals surface area contributed by atoms with Gasteiger partial charge in [-0.15, -0.1) is 0 Å². The lowest BCUT2D eigenvalue weighted by molar-refractivity contribution is 0.0462. The lowest BCUT2D eigenvalue weighted by atomic mass is 9.60. The van der Waals surface area contributed by atoms with Gasteiger partial charge in [-0.1, -0.05) is 0 Å². The highest BCUT2D eigenvalue weighted by Gasteiger charge is 2.63. The van der Waals surface area contributed by atoms with E-state index in [1.54, 1.807) is 0 Å². The minimum Gasteiger partial charge on any atom is -0.395 e. The SMILES string of the molecule is N#CC1(CO)CC2C(C1)C1CS(=O)(=O)CC21. The Morgan fingerprint density at radius 3 is 2.06 bits per heavy atom. The Hall–Kier alpha value is -0.600. The summed E-state index contributed by atoms with van der Waals surface area (Å²) < 4.78 is 23.0. The number of hydrogen-bond acceptors (Lipinski definition) is 4. The van der Waals surface area contributed by atoms with Gasteiger partial charge in [0.05, 0.1) is 29.6 Å². The van der Waals surface area contributed by atoms with Gasteiger partial charge in [0.25, 0.3) is 0 Å². The summed E-state index contributed by atoms with van der Waals surface area (Å²) >= 11 is 0. The molecular weight excluding hydrogens is 226 g/mol. The Morgan fingerprint density at radius 2 is 1.69 bits per heavy atom. The Balaban J connectivity index is 1.83. The molecule has 3 fully saturated rings. The first-order chi connectivity index (χ1) is 7.50. The molecule has 3 rings (SSSR count). The van der Waals surface area contributed by atoms with E-state index in [1.165, 1.54) is 0 Å². The van der Waals surface area contributed by atoms with Crippen LogP contribution in [0.4, 0.5) is 0 Å². The topological polar surface area (TPSA) is 78.2 Å². The molecule has 0 amide bonds. The van der Waals surface area contributed by atoms with Crippen LogP contribution in [0.3, 0.4) is 0 Å².